The van der Waals surface area contributed by atoms with Crippen molar-refractivity contribution in [2.45, 2.75) is 117 Å². The van der Waals surface area contributed by atoms with Gasteiger partial charge in [0.05, 0.1) is 11.0 Å². The van der Waals surface area contributed by atoms with Crippen LogP contribution in [0.1, 0.15) is 111 Å². The lowest BCUT2D eigenvalue weighted by atomic mass is 9.33. The zero-order valence-electron chi connectivity index (χ0n) is 27.5. The smallest absolute Gasteiger partial charge is 0.331 e. The van der Waals surface area contributed by atoms with Gasteiger partial charge in [-0.15, -0.1) is 0 Å². The van der Waals surface area contributed by atoms with Gasteiger partial charge < -0.3 is 20.1 Å². The predicted molar refractivity (Wildman–Crippen MR) is 171 cm³/mol. The minimum absolute atomic E-state index is 0.0305. The molecule has 0 amide bonds. The van der Waals surface area contributed by atoms with Crippen molar-refractivity contribution in [1.82, 2.24) is 0 Å². The van der Waals surface area contributed by atoms with Crippen LogP contribution in [0, 0.1) is 44.8 Å². The molecule has 5 aliphatic carbocycles. The Balaban J connectivity index is 1.26. The number of aliphatic carboxylic acids is 1. The Hall–Kier alpha value is -2.60. The highest BCUT2D eigenvalue weighted by molar-refractivity contribution is 5.87. The van der Waals surface area contributed by atoms with E-state index in [4.69, 9.17) is 4.74 Å². The van der Waals surface area contributed by atoms with Crippen molar-refractivity contribution in [2.24, 2.45) is 44.8 Å². The number of rotatable bonds is 4. The molecule has 240 valence electrons. The second kappa shape index (κ2) is 10.2. The molecule has 6 rings (SSSR count). The number of hydrogen-bond donors (Lipinski definition) is 3. The lowest BCUT2D eigenvalue weighted by molar-refractivity contribution is -0.213. The van der Waals surface area contributed by atoms with Crippen LogP contribution < -0.4 is 0 Å². The monoisotopic (exact) mass is 604 g/mol. The van der Waals surface area contributed by atoms with E-state index >= 15 is 0 Å². The molecule has 9 atom stereocenters. The van der Waals surface area contributed by atoms with Crippen LogP contribution in [-0.2, 0) is 14.3 Å². The first-order valence-corrected chi connectivity index (χ1v) is 16.8. The van der Waals surface area contributed by atoms with Gasteiger partial charge in [0, 0.05) is 11.5 Å². The molecule has 0 aromatic heterocycles. The fourth-order valence-corrected chi connectivity index (χ4v) is 11.6. The van der Waals surface area contributed by atoms with Gasteiger partial charge in [0.1, 0.15) is 11.9 Å². The number of carboxylic acid groups (broad SMARTS) is 1. The Morgan fingerprint density at radius 3 is 2.25 bits per heavy atom. The summed E-state index contributed by atoms with van der Waals surface area (Å²) in [4.78, 5) is 25.8. The van der Waals surface area contributed by atoms with E-state index in [1.165, 1.54) is 11.6 Å². The molecule has 0 radical (unpaired) electrons. The molecule has 0 bridgehead atoms. The van der Waals surface area contributed by atoms with Crippen molar-refractivity contribution in [2.75, 3.05) is 0 Å². The van der Waals surface area contributed by atoms with Gasteiger partial charge in [-0.25, -0.2) is 4.79 Å². The third-order valence-corrected chi connectivity index (χ3v) is 14.3. The third kappa shape index (κ3) is 4.52. The van der Waals surface area contributed by atoms with Crippen molar-refractivity contribution >= 4 is 18.0 Å². The van der Waals surface area contributed by atoms with Gasteiger partial charge in [0.2, 0.25) is 0 Å². The summed E-state index contributed by atoms with van der Waals surface area (Å²) < 4.78 is 6.16. The molecular formula is C38H52O6. The van der Waals surface area contributed by atoms with Gasteiger partial charge >= 0.3 is 11.9 Å². The summed E-state index contributed by atoms with van der Waals surface area (Å²) >= 11 is 0. The number of carboxylic acids is 1. The first-order chi connectivity index (χ1) is 20.5. The van der Waals surface area contributed by atoms with E-state index in [0.717, 1.165) is 44.1 Å². The molecular weight excluding hydrogens is 552 g/mol. The van der Waals surface area contributed by atoms with Gasteiger partial charge in [0.25, 0.3) is 0 Å². The SMILES string of the molecule is CC1(C)C2CC[C@]3(C)C(CC=C4[C@@H]5C[C@@](C)(O)CC[C@]5(C(=O)O)CC[C@]43C)[C@@]2(C)CC[C@@H]1OC(=O)/C=C/c1ccc(O)cc1. The number of esters is 1. The molecule has 6 nitrogen and oxygen atoms in total. The third-order valence-electron chi connectivity index (χ3n) is 14.3. The van der Waals surface area contributed by atoms with E-state index in [-0.39, 0.29) is 45.4 Å². The number of aromatic hydroxyl groups is 1. The largest absolute Gasteiger partial charge is 0.508 e. The summed E-state index contributed by atoms with van der Waals surface area (Å²) in [5.74, 6) is -0.0855. The maximum absolute atomic E-state index is 13.0. The Bertz CT molecular complexity index is 1390. The van der Waals surface area contributed by atoms with E-state index in [1.54, 1.807) is 30.3 Å². The summed E-state index contributed by atoms with van der Waals surface area (Å²) in [5.41, 5.74) is 0.368. The van der Waals surface area contributed by atoms with Crippen LogP contribution in [-0.4, -0.2) is 39.0 Å². The maximum Gasteiger partial charge on any atom is 0.331 e. The molecule has 0 heterocycles. The van der Waals surface area contributed by atoms with E-state index in [1.807, 2.05) is 6.92 Å². The van der Waals surface area contributed by atoms with Crippen molar-refractivity contribution in [3.63, 3.8) is 0 Å². The number of phenolic OH excluding ortho intramolecular Hbond substituents is 1. The van der Waals surface area contributed by atoms with Gasteiger partial charge in [0.15, 0.2) is 0 Å². The molecule has 0 saturated heterocycles. The average molecular weight is 605 g/mol. The maximum atomic E-state index is 13.0. The van der Waals surface area contributed by atoms with E-state index < -0.39 is 17.0 Å². The Morgan fingerprint density at radius 2 is 1.57 bits per heavy atom. The quantitative estimate of drug-likeness (QED) is 0.183. The second-order valence-electron chi connectivity index (χ2n) is 16.7. The lowest BCUT2D eigenvalue weighted by Crippen LogP contribution is -2.65. The summed E-state index contributed by atoms with van der Waals surface area (Å²) in [6.45, 7) is 13.9. The average Bonchev–Trinajstić information content (AvgIpc) is 2.94. The molecule has 4 saturated carbocycles. The number of hydrogen-bond acceptors (Lipinski definition) is 5. The highest BCUT2D eigenvalue weighted by Crippen LogP contribution is 2.75. The molecule has 6 heteroatoms. The zero-order valence-corrected chi connectivity index (χ0v) is 27.5. The first-order valence-electron chi connectivity index (χ1n) is 16.8. The Morgan fingerprint density at radius 1 is 0.886 bits per heavy atom. The Labute approximate surface area is 263 Å². The number of carbonyl (C=O) groups excluding carboxylic acids is 1. The molecule has 0 aliphatic heterocycles. The van der Waals surface area contributed by atoms with Crippen LogP contribution in [0.3, 0.4) is 0 Å². The van der Waals surface area contributed by atoms with E-state index in [2.05, 4.69) is 40.7 Å². The molecule has 5 aliphatic rings. The number of ether oxygens (including phenoxy) is 1. The summed E-state index contributed by atoms with van der Waals surface area (Å²) in [6.07, 6.45) is 13.6. The van der Waals surface area contributed by atoms with E-state index in [0.29, 0.717) is 37.5 Å². The number of phenols is 1. The topological polar surface area (TPSA) is 104 Å². The Kier molecular flexibility index (Phi) is 7.28. The summed E-state index contributed by atoms with van der Waals surface area (Å²) in [5, 5.41) is 31.2. The summed E-state index contributed by atoms with van der Waals surface area (Å²) in [7, 11) is 0. The molecule has 2 unspecified atom stereocenters. The molecule has 1 aromatic carbocycles. The van der Waals surface area contributed by atoms with Crippen molar-refractivity contribution in [1.29, 1.82) is 0 Å². The van der Waals surface area contributed by atoms with Crippen molar-refractivity contribution in [3.8, 4) is 5.75 Å². The van der Waals surface area contributed by atoms with Crippen LogP contribution in [0.25, 0.3) is 6.08 Å². The van der Waals surface area contributed by atoms with Crippen LogP contribution in [0.15, 0.2) is 42.0 Å². The van der Waals surface area contributed by atoms with Gasteiger partial charge in [-0.05, 0) is 129 Å². The fraction of sp³-hybridized carbons (Fsp3) is 0.684. The fourth-order valence-electron chi connectivity index (χ4n) is 11.6. The molecule has 44 heavy (non-hydrogen) atoms. The highest BCUT2D eigenvalue weighted by atomic mass is 16.5. The number of allylic oxidation sites excluding steroid dienone is 2. The highest BCUT2D eigenvalue weighted by Gasteiger charge is 2.69. The van der Waals surface area contributed by atoms with Gasteiger partial charge in [-0.2, -0.15) is 0 Å². The number of benzene rings is 1. The number of fused-ring (bicyclic) bond motifs is 7. The van der Waals surface area contributed by atoms with Crippen LogP contribution in [0.4, 0.5) is 0 Å². The number of aliphatic hydroxyl groups is 1. The van der Waals surface area contributed by atoms with Crippen LogP contribution >= 0.6 is 0 Å². The molecule has 3 N–H and O–H groups in total. The molecule has 4 fully saturated rings. The van der Waals surface area contributed by atoms with Crippen molar-refractivity contribution in [3.05, 3.63) is 47.6 Å². The van der Waals surface area contributed by atoms with Crippen molar-refractivity contribution < 1.29 is 29.6 Å². The minimum atomic E-state index is -0.830. The standard InChI is InChI=1S/C38H52O6/c1-33(2)28-15-18-37(6)29(35(28,4)17-16-30(33)44-31(40)14-9-24-7-10-25(39)11-8-24)13-12-26-27-23-34(3,43)19-21-38(27,32(41)42)22-20-36(26,37)5/h7-12,14,27-30,39,43H,13,15-23H2,1-6H3,(H,41,42)/b14-9+/t27-,28?,29?,30-,34-,35-,36+,37+,38-/m0/s1. The van der Waals surface area contributed by atoms with Crippen LogP contribution in [0.2, 0.25) is 0 Å². The van der Waals surface area contributed by atoms with E-state index in [9.17, 15) is 24.9 Å². The van der Waals surface area contributed by atoms with Crippen LogP contribution in [0.5, 0.6) is 5.75 Å². The van der Waals surface area contributed by atoms with Gasteiger partial charge in [-0.3, -0.25) is 4.79 Å². The normalized spacial score (nSPS) is 44.4. The number of carbonyl (C=O) groups is 2. The second-order valence-corrected chi connectivity index (χ2v) is 16.7. The first kappa shape index (κ1) is 31.4. The lowest BCUT2D eigenvalue weighted by Gasteiger charge is -2.71. The molecule has 0 spiro atoms. The minimum Gasteiger partial charge on any atom is -0.508 e. The predicted octanol–water partition coefficient (Wildman–Crippen LogP) is 7.93. The zero-order chi connectivity index (χ0) is 31.9. The molecule has 1 aromatic rings. The van der Waals surface area contributed by atoms with Gasteiger partial charge in [-0.1, -0.05) is 58.4 Å². The summed E-state index contributed by atoms with van der Waals surface area (Å²) in [6, 6.07) is 6.74.